The van der Waals surface area contributed by atoms with Crippen LogP contribution in [0.25, 0.3) is 11.0 Å². The summed E-state index contributed by atoms with van der Waals surface area (Å²) in [5, 5.41) is 9.58. The molecule has 1 saturated heterocycles. The maximum Gasteiger partial charge on any atom is 0.308 e. The van der Waals surface area contributed by atoms with Crippen molar-refractivity contribution in [3.63, 3.8) is 0 Å². The number of carbonyl (C=O) groups is 1. The molecule has 0 spiro atoms. The van der Waals surface area contributed by atoms with Crippen molar-refractivity contribution in [3.8, 4) is 0 Å². The standard InChI is InChI=1S/C17H16N4O2S/c22-17(23)14-10-21(9-13(14)12-2-1-5-18-7-12)8-11-3-4-15-16(6-11)20-24-19-15/h1-7,13-14H,8-10H2,(H,22,23)/t13-,14+/m0/s1. The molecule has 7 heteroatoms. The first-order chi connectivity index (χ1) is 11.7. The van der Waals surface area contributed by atoms with E-state index in [0.717, 1.165) is 28.7 Å². The van der Waals surface area contributed by atoms with Crippen LogP contribution in [0.2, 0.25) is 0 Å². The molecular weight excluding hydrogens is 324 g/mol. The molecule has 1 N–H and O–H groups in total. The second-order valence-electron chi connectivity index (χ2n) is 6.12. The predicted molar refractivity (Wildman–Crippen MR) is 90.8 cm³/mol. The van der Waals surface area contributed by atoms with Crippen LogP contribution in [0.5, 0.6) is 0 Å². The summed E-state index contributed by atoms with van der Waals surface area (Å²) in [6, 6.07) is 9.87. The topological polar surface area (TPSA) is 79.2 Å². The highest BCUT2D eigenvalue weighted by Gasteiger charge is 2.38. The fraction of sp³-hybridized carbons (Fsp3) is 0.294. The number of rotatable bonds is 4. The zero-order chi connectivity index (χ0) is 16.5. The monoisotopic (exact) mass is 340 g/mol. The summed E-state index contributed by atoms with van der Waals surface area (Å²) in [5.41, 5.74) is 3.93. The van der Waals surface area contributed by atoms with Gasteiger partial charge in [-0.05, 0) is 29.3 Å². The lowest BCUT2D eigenvalue weighted by Gasteiger charge is -2.16. The number of fused-ring (bicyclic) bond motifs is 1. The van der Waals surface area contributed by atoms with Gasteiger partial charge in [0.25, 0.3) is 0 Å². The molecule has 122 valence electrons. The molecule has 0 aliphatic carbocycles. The minimum Gasteiger partial charge on any atom is -0.481 e. The molecule has 2 atom stereocenters. The molecule has 1 aliphatic rings. The summed E-state index contributed by atoms with van der Waals surface area (Å²) in [6.07, 6.45) is 3.49. The van der Waals surface area contributed by atoms with Crippen LogP contribution in [0, 0.1) is 5.92 Å². The molecule has 24 heavy (non-hydrogen) atoms. The molecule has 1 fully saturated rings. The van der Waals surface area contributed by atoms with E-state index in [1.54, 1.807) is 12.4 Å². The Bertz CT molecular complexity index is 867. The van der Waals surface area contributed by atoms with Crippen LogP contribution in [0.15, 0.2) is 42.7 Å². The zero-order valence-electron chi connectivity index (χ0n) is 12.9. The van der Waals surface area contributed by atoms with Crippen LogP contribution >= 0.6 is 11.7 Å². The van der Waals surface area contributed by atoms with E-state index in [4.69, 9.17) is 0 Å². The largest absolute Gasteiger partial charge is 0.481 e. The normalized spacial score (nSPS) is 21.3. The summed E-state index contributed by atoms with van der Waals surface area (Å²) >= 11 is 1.21. The maximum atomic E-state index is 11.7. The first-order valence-corrected chi connectivity index (χ1v) is 8.50. The Morgan fingerprint density at radius 2 is 2.12 bits per heavy atom. The van der Waals surface area contributed by atoms with E-state index >= 15 is 0 Å². The van der Waals surface area contributed by atoms with Crippen molar-refractivity contribution in [2.45, 2.75) is 12.5 Å². The minimum atomic E-state index is -0.745. The quantitative estimate of drug-likeness (QED) is 0.785. The van der Waals surface area contributed by atoms with Crippen molar-refractivity contribution in [1.82, 2.24) is 18.6 Å². The highest BCUT2D eigenvalue weighted by atomic mass is 32.1. The number of benzene rings is 1. The summed E-state index contributed by atoms with van der Waals surface area (Å²) < 4.78 is 8.48. The SMILES string of the molecule is O=C(O)[C@@H]1CN(Cc2ccc3nsnc3c2)C[C@H]1c1cccnc1. The van der Waals surface area contributed by atoms with E-state index in [1.165, 1.54) is 11.7 Å². The summed E-state index contributed by atoms with van der Waals surface area (Å²) in [6.45, 7) is 1.98. The van der Waals surface area contributed by atoms with Gasteiger partial charge < -0.3 is 5.11 Å². The van der Waals surface area contributed by atoms with Gasteiger partial charge in [-0.2, -0.15) is 8.75 Å². The highest BCUT2D eigenvalue weighted by molar-refractivity contribution is 7.00. The van der Waals surface area contributed by atoms with Crippen LogP contribution in [0.3, 0.4) is 0 Å². The maximum absolute atomic E-state index is 11.7. The van der Waals surface area contributed by atoms with Gasteiger partial charge in [-0.25, -0.2) is 0 Å². The zero-order valence-corrected chi connectivity index (χ0v) is 13.7. The van der Waals surface area contributed by atoms with Gasteiger partial charge in [-0.3, -0.25) is 14.7 Å². The molecule has 0 bridgehead atoms. The second-order valence-corrected chi connectivity index (χ2v) is 6.65. The second kappa shape index (κ2) is 6.26. The molecule has 0 amide bonds. The number of carboxylic acids is 1. The Balaban J connectivity index is 1.55. The van der Waals surface area contributed by atoms with Crippen molar-refractivity contribution in [1.29, 1.82) is 0 Å². The molecule has 0 radical (unpaired) electrons. The molecular formula is C17H16N4O2S. The molecule has 6 nitrogen and oxygen atoms in total. The van der Waals surface area contributed by atoms with E-state index in [1.807, 2.05) is 30.3 Å². The summed E-state index contributed by atoms with van der Waals surface area (Å²) in [4.78, 5) is 18.0. The first-order valence-electron chi connectivity index (χ1n) is 7.77. The van der Waals surface area contributed by atoms with Gasteiger partial charge in [0.1, 0.15) is 11.0 Å². The Kier molecular flexibility index (Phi) is 3.95. The molecule has 3 aromatic rings. The smallest absolute Gasteiger partial charge is 0.308 e. The van der Waals surface area contributed by atoms with Crippen molar-refractivity contribution >= 4 is 28.7 Å². The lowest BCUT2D eigenvalue weighted by atomic mass is 9.90. The Morgan fingerprint density at radius 3 is 2.92 bits per heavy atom. The number of carboxylic acid groups (broad SMARTS) is 1. The van der Waals surface area contributed by atoms with Crippen molar-refractivity contribution in [2.24, 2.45) is 5.92 Å². The molecule has 4 rings (SSSR count). The van der Waals surface area contributed by atoms with Crippen LogP contribution in [0.1, 0.15) is 17.0 Å². The lowest BCUT2D eigenvalue weighted by molar-refractivity contribution is -0.141. The van der Waals surface area contributed by atoms with Gasteiger partial charge in [-0.15, -0.1) is 0 Å². The van der Waals surface area contributed by atoms with E-state index in [-0.39, 0.29) is 5.92 Å². The fourth-order valence-electron chi connectivity index (χ4n) is 3.38. The minimum absolute atomic E-state index is 0.0270. The fourth-order valence-corrected chi connectivity index (χ4v) is 3.90. The average molecular weight is 340 g/mol. The summed E-state index contributed by atoms with van der Waals surface area (Å²) in [5.74, 6) is -1.18. The molecule has 1 aromatic carbocycles. The van der Waals surface area contributed by atoms with Gasteiger partial charge >= 0.3 is 5.97 Å². The highest BCUT2D eigenvalue weighted by Crippen LogP contribution is 2.33. The Labute approximate surface area is 143 Å². The average Bonchev–Trinajstić information content (AvgIpc) is 3.22. The van der Waals surface area contributed by atoms with Crippen LogP contribution in [-0.4, -0.2) is 42.8 Å². The van der Waals surface area contributed by atoms with E-state index in [2.05, 4.69) is 18.6 Å². The molecule has 0 unspecified atom stereocenters. The van der Waals surface area contributed by atoms with Crippen molar-refractivity contribution in [3.05, 3.63) is 53.9 Å². The molecule has 2 aromatic heterocycles. The Morgan fingerprint density at radius 1 is 1.25 bits per heavy atom. The number of likely N-dealkylation sites (tertiary alicyclic amines) is 1. The molecule has 1 aliphatic heterocycles. The third-order valence-electron chi connectivity index (χ3n) is 4.55. The number of pyridine rings is 1. The van der Waals surface area contributed by atoms with E-state index in [0.29, 0.717) is 13.1 Å². The van der Waals surface area contributed by atoms with E-state index < -0.39 is 11.9 Å². The van der Waals surface area contributed by atoms with Gasteiger partial charge in [0.2, 0.25) is 0 Å². The number of nitrogens with zero attached hydrogens (tertiary/aromatic N) is 4. The third-order valence-corrected chi connectivity index (χ3v) is 5.11. The lowest BCUT2D eigenvalue weighted by Crippen LogP contribution is -2.23. The van der Waals surface area contributed by atoms with Gasteiger partial charge in [0.05, 0.1) is 17.6 Å². The number of aliphatic carboxylic acids is 1. The van der Waals surface area contributed by atoms with Crippen molar-refractivity contribution in [2.75, 3.05) is 13.1 Å². The number of aromatic nitrogens is 3. The molecule has 0 saturated carbocycles. The predicted octanol–water partition coefficient (Wildman–Crippen LogP) is 2.39. The molecule has 3 heterocycles. The van der Waals surface area contributed by atoms with Crippen LogP contribution in [0.4, 0.5) is 0 Å². The van der Waals surface area contributed by atoms with Gasteiger partial charge in [0.15, 0.2) is 0 Å². The third kappa shape index (κ3) is 2.88. The number of hydrogen-bond acceptors (Lipinski definition) is 6. The summed E-state index contributed by atoms with van der Waals surface area (Å²) in [7, 11) is 0. The van der Waals surface area contributed by atoms with Gasteiger partial charge in [-0.1, -0.05) is 12.1 Å². The van der Waals surface area contributed by atoms with Gasteiger partial charge in [0, 0.05) is 37.9 Å². The van der Waals surface area contributed by atoms with Crippen molar-refractivity contribution < 1.29 is 9.90 Å². The van der Waals surface area contributed by atoms with E-state index in [9.17, 15) is 9.90 Å². The Hall–Kier alpha value is -2.38. The van der Waals surface area contributed by atoms with Crippen LogP contribution < -0.4 is 0 Å². The van der Waals surface area contributed by atoms with Crippen LogP contribution in [-0.2, 0) is 11.3 Å². The first kappa shape index (κ1) is 15.2. The number of hydrogen-bond donors (Lipinski definition) is 1.